The molecule has 1 radical (unpaired) electrons. The molecule has 0 saturated heterocycles. The summed E-state index contributed by atoms with van der Waals surface area (Å²) in [6, 6.07) is 8.75. The zero-order valence-corrected chi connectivity index (χ0v) is 36.8. The Morgan fingerprint density at radius 2 is 1.65 bits per heavy atom. The first kappa shape index (κ1) is 51.5. The van der Waals surface area contributed by atoms with Gasteiger partial charge in [-0.05, 0) is 29.9 Å². The molecule has 21 nitrogen and oxygen atoms in total. The predicted octanol–water partition coefficient (Wildman–Crippen LogP) is -6.12. The molecule has 1 aliphatic carbocycles. The molecule has 1 aliphatic rings. The van der Waals surface area contributed by atoms with Crippen LogP contribution in [0.1, 0.15) is 5.56 Å². The fourth-order valence-electron chi connectivity index (χ4n) is 3.95. The second-order valence-corrected chi connectivity index (χ2v) is 15.1. The van der Waals surface area contributed by atoms with Crippen molar-refractivity contribution in [3.63, 3.8) is 0 Å². The number of azo groups is 1. The molecule has 28 heteroatoms. The number of ether oxygens (including phenoxy) is 1. The molecule has 1 aromatic heterocycles. The molecule has 3 aromatic rings. The SMILES string of the molecule is C=CS(=O)(=O)CCOCCNc1nc(F)nc(Nc2cc(S(=O)(=O)O)cc(N=NC(=NN=C3C=C(S(=O)(=O)[O-])C=CC3=C([O-])[O-])c3ccccc3)c2[O-])n1.[Cu+2].[Na+].[Na+]. The Morgan fingerprint density at radius 1 is 0.982 bits per heavy atom. The van der Waals surface area contributed by atoms with Crippen molar-refractivity contribution in [1.29, 1.82) is 0 Å². The van der Waals surface area contributed by atoms with Gasteiger partial charge >= 0.3 is 82.3 Å². The zero-order valence-electron chi connectivity index (χ0n) is 29.4. The summed E-state index contributed by atoms with van der Waals surface area (Å²) in [6.45, 7) is 2.92. The average Bonchev–Trinajstić information content (AvgIpc) is 3.10. The minimum atomic E-state index is -5.05. The van der Waals surface area contributed by atoms with Crippen molar-refractivity contribution in [2.75, 3.05) is 36.1 Å². The van der Waals surface area contributed by atoms with Gasteiger partial charge < -0.3 is 35.2 Å². The van der Waals surface area contributed by atoms with Gasteiger partial charge in [-0.3, -0.25) is 4.55 Å². The summed E-state index contributed by atoms with van der Waals surface area (Å²) >= 11 is 0. The predicted molar refractivity (Wildman–Crippen MR) is 181 cm³/mol. The summed E-state index contributed by atoms with van der Waals surface area (Å²) in [5.41, 5.74) is -2.57. The number of sulfone groups is 1. The van der Waals surface area contributed by atoms with E-state index in [4.69, 9.17) is 4.74 Å². The van der Waals surface area contributed by atoms with Crippen LogP contribution in [0.4, 0.5) is 27.7 Å². The Balaban J connectivity index is 0.00000541. The van der Waals surface area contributed by atoms with E-state index in [0.29, 0.717) is 18.2 Å². The minimum Gasteiger partial charge on any atom is -0.883 e. The summed E-state index contributed by atoms with van der Waals surface area (Å²) in [5.74, 6) is -4.67. The van der Waals surface area contributed by atoms with Crippen LogP contribution in [-0.2, 0) is 51.9 Å². The van der Waals surface area contributed by atoms with Crippen LogP contribution in [0.5, 0.6) is 5.75 Å². The zero-order chi connectivity index (χ0) is 39.7. The monoisotopic (exact) mass is 914 g/mol. The van der Waals surface area contributed by atoms with E-state index in [9.17, 15) is 54.1 Å². The van der Waals surface area contributed by atoms with Crippen LogP contribution >= 0.6 is 0 Å². The van der Waals surface area contributed by atoms with Crippen molar-refractivity contribution in [2.24, 2.45) is 20.4 Å². The topological polar surface area (TPSA) is 336 Å². The normalized spacial score (nSPS) is 13.9. The Bertz CT molecular complexity index is 2470. The minimum absolute atomic E-state index is 0. The molecule has 0 atom stereocenters. The van der Waals surface area contributed by atoms with Crippen LogP contribution < -0.4 is 85.1 Å². The maximum Gasteiger partial charge on any atom is 2.00 e. The molecule has 0 aliphatic heterocycles. The Labute approximate surface area is 379 Å². The van der Waals surface area contributed by atoms with Gasteiger partial charge in [0.25, 0.3) is 10.1 Å². The first-order chi connectivity index (χ1) is 25.4. The van der Waals surface area contributed by atoms with Crippen molar-refractivity contribution in [3.8, 4) is 5.75 Å². The first-order valence-corrected chi connectivity index (χ1v) is 19.2. The third-order valence-electron chi connectivity index (χ3n) is 6.51. The number of nitrogens with one attached hydrogen (secondary N) is 2. The quantitative estimate of drug-likeness (QED) is 0.0187. The number of benzene rings is 2. The van der Waals surface area contributed by atoms with Gasteiger partial charge in [0.15, 0.2) is 9.84 Å². The molecular weight excluding hydrogens is 891 g/mol. The number of rotatable bonds is 15. The van der Waals surface area contributed by atoms with Gasteiger partial charge in [0.05, 0.1) is 40.2 Å². The van der Waals surface area contributed by atoms with Crippen LogP contribution in [0.25, 0.3) is 0 Å². The largest absolute Gasteiger partial charge is 2.00 e. The van der Waals surface area contributed by atoms with E-state index in [1.165, 1.54) is 24.3 Å². The van der Waals surface area contributed by atoms with E-state index in [0.717, 1.165) is 17.6 Å². The van der Waals surface area contributed by atoms with Crippen LogP contribution in [0.2, 0.25) is 0 Å². The van der Waals surface area contributed by atoms with Gasteiger partial charge in [-0.25, -0.2) is 16.8 Å². The van der Waals surface area contributed by atoms with Crippen LogP contribution in [0.3, 0.4) is 0 Å². The molecule has 3 N–H and O–H groups in total. The molecule has 295 valence electrons. The van der Waals surface area contributed by atoms with Crippen LogP contribution in [-0.4, -0.2) is 86.4 Å². The van der Waals surface area contributed by atoms with Crippen LogP contribution in [0.15, 0.2) is 114 Å². The maximum atomic E-state index is 14.3. The van der Waals surface area contributed by atoms with Gasteiger partial charge in [-0.15, -0.1) is 20.4 Å². The third kappa shape index (κ3) is 15.7. The Kier molecular flexibility index (Phi) is 20.5. The molecule has 2 aromatic carbocycles. The Hall–Kier alpha value is -3.47. The number of halogens is 1. The molecule has 0 bridgehead atoms. The van der Waals surface area contributed by atoms with E-state index in [2.05, 4.69) is 52.6 Å². The third-order valence-corrected chi connectivity index (χ3v) is 9.41. The van der Waals surface area contributed by atoms with Gasteiger partial charge in [0, 0.05) is 23.2 Å². The van der Waals surface area contributed by atoms with Gasteiger partial charge in [0.2, 0.25) is 17.7 Å². The van der Waals surface area contributed by atoms with E-state index in [1.54, 1.807) is 6.07 Å². The van der Waals surface area contributed by atoms with Crippen molar-refractivity contribution in [2.45, 2.75) is 4.90 Å². The molecule has 0 spiro atoms. The molecule has 0 amide bonds. The number of allylic oxidation sites excluding steroid dienone is 4. The molecule has 1 heterocycles. The number of nitrogens with zero attached hydrogens (tertiary/aromatic N) is 7. The Morgan fingerprint density at radius 3 is 2.26 bits per heavy atom. The molecule has 0 fully saturated rings. The summed E-state index contributed by atoms with van der Waals surface area (Å²) in [7, 11) is -13.6. The molecule has 4 rings (SSSR count). The second-order valence-electron chi connectivity index (χ2n) is 10.3. The summed E-state index contributed by atoms with van der Waals surface area (Å²) in [5, 5.41) is 57.4. The summed E-state index contributed by atoms with van der Waals surface area (Å²) in [4.78, 5) is 8.99. The number of hydrogen-bond acceptors (Lipinski definition) is 19. The number of anilines is 3. The van der Waals surface area contributed by atoms with E-state index in [1.807, 2.05) is 0 Å². The fourth-order valence-corrected chi connectivity index (χ4v) is 5.49. The average molecular weight is 915 g/mol. The molecular formula is C29H24CuFN9Na2O12S3. The van der Waals surface area contributed by atoms with Crippen molar-refractivity contribution in [1.82, 2.24) is 15.0 Å². The van der Waals surface area contributed by atoms with Gasteiger partial charge in [-0.1, -0.05) is 48.7 Å². The van der Waals surface area contributed by atoms with Crippen LogP contribution in [0, 0.1) is 6.08 Å². The number of amidine groups is 1. The standard InChI is InChI=1S/C29H28FN9O12S3.Cu.2Na/c1-2-52(43,44)13-12-51-11-10-31-28-33-27(30)34-29(35-28)32-22-15-19(54(48,49)50)16-23(24(22)40)37-39-25(17-6-4-3-5-7-17)38-36-21-14-18(53(45,46)47)8-9-20(21)26(41)42;;;/h2-9,14-16,40-42H,1,10-13H2,(H,45,46,47)(H,48,49,50)(H2,31,32,33,34,35);;;/q;+2;2*+1/p-4. The van der Waals surface area contributed by atoms with Crippen molar-refractivity contribution in [3.05, 3.63) is 101 Å². The first-order valence-electron chi connectivity index (χ1n) is 14.6. The molecule has 0 unspecified atom stereocenters. The second kappa shape index (κ2) is 22.6. The van der Waals surface area contributed by atoms with Gasteiger partial charge in [-0.2, -0.15) is 33.7 Å². The van der Waals surface area contributed by atoms with E-state index >= 15 is 0 Å². The molecule has 57 heavy (non-hydrogen) atoms. The van der Waals surface area contributed by atoms with Gasteiger partial charge in [0.1, 0.15) is 10.1 Å². The smallest absolute Gasteiger partial charge is 0.883 e. The molecule has 0 saturated carbocycles. The van der Waals surface area contributed by atoms with Crippen molar-refractivity contribution >= 4 is 64.9 Å². The maximum absolute atomic E-state index is 14.3. The van der Waals surface area contributed by atoms with Crippen molar-refractivity contribution < 1.29 is 135 Å². The number of aromatic nitrogens is 3. The summed E-state index contributed by atoms with van der Waals surface area (Å²) < 4.78 is 111. The summed E-state index contributed by atoms with van der Waals surface area (Å²) in [6.07, 6.45) is 0.755. The number of hydrogen-bond donors (Lipinski definition) is 3. The fraction of sp³-hybridized carbons (Fsp3) is 0.138. The van der Waals surface area contributed by atoms with E-state index < -0.39 is 92.1 Å². The van der Waals surface area contributed by atoms with E-state index in [-0.39, 0.29) is 113 Å².